The fourth-order valence-electron chi connectivity index (χ4n) is 3.57. The molecular formula is C24H28F4O3. The van der Waals surface area contributed by atoms with E-state index in [9.17, 15) is 17.6 Å². The molecule has 2 aromatic rings. The molecule has 0 radical (unpaired) electrons. The van der Waals surface area contributed by atoms with E-state index in [4.69, 9.17) is 14.2 Å². The molecule has 0 atom stereocenters. The molecule has 31 heavy (non-hydrogen) atoms. The first kappa shape index (κ1) is 23.5. The van der Waals surface area contributed by atoms with E-state index in [-0.39, 0.29) is 35.7 Å². The molecule has 1 fully saturated rings. The third-order valence-electron chi connectivity index (χ3n) is 5.48. The SMILES string of the molecule is CCCCCCCOc1ccc(C2COC(c3ccc(C)c(F)c3F)OC2)c(F)c1F. The number of hydrogen-bond donors (Lipinski definition) is 0. The largest absolute Gasteiger partial charge is 0.490 e. The molecule has 0 aliphatic carbocycles. The van der Waals surface area contributed by atoms with Gasteiger partial charge < -0.3 is 14.2 Å². The van der Waals surface area contributed by atoms with Gasteiger partial charge in [-0.15, -0.1) is 0 Å². The second-order valence-electron chi connectivity index (χ2n) is 7.84. The Morgan fingerprint density at radius 1 is 0.806 bits per heavy atom. The molecule has 1 saturated heterocycles. The lowest BCUT2D eigenvalue weighted by atomic mass is 9.98. The van der Waals surface area contributed by atoms with E-state index in [1.54, 1.807) is 0 Å². The van der Waals surface area contributed by atoms with Crippen molar-refractivity contribution in [2.45, 2.75) is 58.2 Å². The molecule has 0 spiro atoms. The second kappa shape index (κ2) is 11.0. The van der Waals surface area contributed by atoms with Crippen LogP contribution in [0.2, 0.25) is 0 Å². The van der Waals surface area contributed by atoms with Crippen LogP contribution in [0.15, 0.2) is 24.3 Å². The minimum Gasteiger partial charge on any atom is -0.490 e. The molecule has 1 heterocycles. The predicted molar refractivity (Wildman–Crippen MR) is 109 cm³/mol. The summed E-state index contributed by atoms with van der Waals surface area (Å²) in [5, 5.41) is 0. The van der Waals surface area contributed by atoms with Gasteiger partial charge in [0.1, 0.15) is 0 Å². The summed E-state index contributed by atoms with van der Waals surface area (Å²) in [4.78, 5) is 0. The van der Waals surface area contributed by atoms with E-state index in [1.807, 2.05) is 0 Å². The highest BCUT2D eigenvalue weighted by molar-refractivity contribution is 5.33. The fraction of sp³-hybridized carbons (Fsp3) is 0.500. The Kier molecular flexibility index (Phi) is 8.32. The molecule has 170 valence electrons. The number of hydrogen-bond acceptors (Lipinski definition) is 3. The normalized spacial score (nSPS) is 18.9. The molecule has 7 heteroatoms. The van der Waals surface area contributed by atoms with Gasteiger partial charge in [-0.1, -0.05) is 50.8 Å². The molecular weight excluding hydrogens is 412 g/mol. The lowest BCUT2D eigenvalue weighted by molar-refractivity contribution is -0.193. The van der Waals surface area contributed by atoms with Crippen molar-refractivity contribution in [3.05, 3.63) is 64.2 Å². The van der Waals surface area contributed by atoms with Gasteiger partial charge in [0, 0.05) is 11.5 Å². The standard InChI is InChI=1S/C24H28F4O3/c1-3-4-5-6-7-12-29-19-11-10-17(21(26)23(19)28)16-13-30-24(31-14-16)18-9-8-15(2)20(25)22(18)27/h8-11,16,24H,3-7,12-14H2,1-2H3. The van der Waals surface area contributed by atoms with Crippen LogP contribution in [-0.4, -0.2) is 19.8 Å². The van der Waals surface area contributed by atoms with Crippen LogP contribution in [0.1, 0.15) is 67.9 Å². The van der Waals surface area contributed by atoms with Gasteiger partial charge in [-0.2, -0.15) is 4.39 Å². The molecule has 3 nitrogen and oxygen atoms in total. The van der Waals surface area contributed by atoms with E-state index in [0.29, 0.717) is 6.61 Å². The lowest BCUT2D eigenvalue weighted by Gasteiger charge is -2.30. The quantitative estimate of drug-likeness (QED) is 0.320. The third-order valence-corrected chi connectivity index (χ3v) is 5.48. The van der Waals surface area contributed by atoms with Crippen molar-refractivity contribution in [1.82, 2.24) is 0 Å². The molecule has 0 saturated carbocycles. The Morgan fingerprint density at radius 3 is 2.16 bits per heavy atom. The maximum atomic E-state index is 14.6. The summed E-state index contributed by atoms with van der Waals surface area (Å²) in [6.07, 6.45) is 4.04. The van der Waals surface area contributed by atoms with E-state index < -0.39 is 35.5 Å². The summed E-state index contributed by atoms with van der Waals surface area (Å²) < 4.78 is 73.4. The van der Waals surface area contributed by atoms with E-state index >= 15 is 0 Å². The highest BCUT2D eigenvalue weighted by Crippen LogP contribution is 2.35. The first-order chi connectivity index (χ1) is 14.9. The Bertz CT molecular complexity index is 880. The maximum Gasteiger partial charge on any atom is 0.200 e. The zero-order chi connectivity index (χ0) is 22.4. The van der Waals surface area contributed by atoms with Crippen LogP contribution >= 0.6 is 0 Å². The van der Waals surface area contributed by atoms with Crippen LogP contribution in [0.25, 0.3) is 0 Å². The minimum atomic E-state index is -1.10. The van der Waals surface area contributed by atoms with Crippen LogP contribution in [-0.2, 0) is 9.47 Å². The Hall–Kier alpha value is -2.12. The van der Waals surface area contributed by atoms with Crippen molar-refractivity contribution in [1.29, 1.82) is 0 Å². The number of unbranched alkanes of at least 4 members (excludes halogenated alkanes) is 4. The highest BCUT2D eigenvalue weighted by atomic mass is 19.2. The Morgan fingerprint density at radius 2 is 1.45 bits per heavy atom. The van der Waals surface area contributed by atoms with E-state index in [0.717, 1.165) is 32.1 Å². The smallest absolute Gasteiger partial charge is 0.200 e. The zero-order valence-electron chi connectivity index (χ0n) is 17.9. The average Bonchev–Trinajstić information content (AvgIpc) is 2.78. The molecule has 0 N–H and O–H groups in total. The molecule has 2 aromatic carbocycles. The van der Waals surface area contributed by atoms with Crippen LogP contribution < -0.4 is 4.74 Å². The number of rotatable bonds is 9. The van der Waals surface area contributed by atoms with Crippen molar-refractivity contribution in [2.24, 2.45) is 0 Å². The number of ether oxygens (including phenoxy) is 3. The minimum absolute atomic E-state index is 0.0202. The van der Waals surface area contributed by atoms with Crippen molar-refractivity contribution in [2.75, 3.05) is 19.8 Å². The lowest BCUT2D eigenvalue weighted by Crippen LogP contribution is -2.27. The monoisotopic (exact) mass is 440 g/mol. The van der Waals surface area contributed by atoms with Gasteiger partial charge in [-0.3, -0.25) is 0 Å². The zero-order valence-corrected chi connectivity index (χ0v) is 17.9. The summed E-state index contributed by atoms with van der Waals surface area (Å²) in [5.74, 6) is -4.74. The summed E-state index contributed by atoms with van der Waals surface area (Å²) in [6, 6.07) is 5.69. The van der Waals surface area contributed by atoms with Crippen molar-refractivity contribution in [3.8, 4) is 5.75 Å². The highest BCUT2D eigenvalue weighted by Gasteiger charge is 2.30. The molecule has 1 aliphatic heterocycles. The molecule has 0 amide bonds. The summed E-state index contributed by atoms with van der Waals surface area (Å²) >= 11 is 0. The van der Waals surface area contributed by atoms with Crippen molar-refractivity contribution < 1.29 is 31.8 Å². The molecule has 0 unspecified atom stereocenters. The van der Waals surface area contributed by atoms with Gasteiger partial charge in [0.05, 0.1) is 19.8 Å². The molecule has 0 aromatic heterocycles. The topological polar surface area (TPSA) is 27.7 Å². The number of halogens is 4. The molecule has 1 aliphatic rings. The van der Waals surface area contributed by atoms with Gasteiger partial charge in [0.25, 0.3) is 0 Å². The first-order valence-corrected chi connectivity index (χ1v) is 10.7. The van der Waals surface area contributed by atoms with E-state index in [1.165, 1.54) is 31.2 Å². The number of aryl methyl sites for hydroxylation is 1. The molecule has 0 bridgehead atoms. The van der Waals surface area contributed by atoms with Gasteiger partial charge in [0.15, 0.2) is 29.5 Å². The molecule has 3 rings (SSSR count). The van der Waals surface area contributed by atoms with Crippen molar-refractivity contribution in [3.63, 3.8) is 0 Å². The predicted octanol–water partition coefficient (Wildman–Crippen LogP) is 6.73. The third kappa shape index (κ3) is 5.57. The first-order valence-electron chi connectivity index (χ1n) is 10.7. The van der Waals surface area contributed by atoms with Crippen LogP contribution in [0.4, 0.5) is 17.6 Å². The van der Waals surface area contributed by atoms with Crippen LogP contribution in [0, 0.1) is 30.2 Å². The number of benzene rings is 2. The summed E-state index contributed by atoms with van der Waals surface area (Å²) in [6.45, 7) is 3.87. The Labute approximate surface area is 180 Å². The second-order valence-corrected chi connectivity index (χ2v) is 7.84. The maximum absolute atomic E-state index is 14.6. The van der Waals surface area contributed by atoms with Gasteiger partial charge in [0.2, 0.25) is 5.82 Å². The Balaban J connectivity index is 1.59. The average molecular weight is 440 g/mol. The van der Waals surface area contributed by atoms with Gasteiger partial charge in [-0.05, 0) is 30.5 Å². The van der Waals surface area contributed by atoms with Crippen molar-refractivity contribution >= 4 is 0 Å². The van der Waals surface area contributed by atoms with Crippen LogP contribution in [0.3, 0.4) is 0 Å². The fourth-order valence-corrected chi connectivity index (χ4v) is 3.57. The van der Waals surface area contributed by atoms with Gasteiger partial charge >= 0.3 is 0 Å². The van der Waals surface area contributed by atoms with Crippen LogP contribution in [0.5, 0.6) is 5.75 Å². The summed E-state index contributed by atoms with van der Waals surface area (Å²) in [5.41, 5.74) is 0.216. The summed E-state index contributed by atoms with van der Waals surface area (Å²) in [7, 11) is 0. The van der Waals surface area contributed by atoms with E-state index in [2.05, 4.69) is 6.92 Å². The van der Waals surface area contributed by atoms with Gasteiger partial charge in [-0.25, -0.2) is 13.2 Å².